The molecule has 0 atom stereocenters. The van der Waals surface area contributed by atoms with Crippen LogP contribution >= 0.6 is 0 Å². The Labute approximate surface area is 85.1 Å². The maximum absolute atomic E-state index is 10.6. The molecule has 3 heteroatoms. The Kier molecular flexibility index (Phi) is 7.80. The number of hydrogen-bond donors (Lipinski definition) is 0. The van der Waals surface area contributed by atoms with E-state index in [1.54, 1.807) is 6.92 Å². The molecule has 0 spiro atoms. The van der Waals surface area contributed by atoms with Gasteiger partial charge in [0, 0.05) is 12.5 Å². The molecule has 0 aliphatic rings. The van der Waals surface area contributed by atoms with Crippen molar-refractivity contribution in [2.75, 3.05) is 6.61 Å². The van der Waals surface area contributed by atoms with Crippen molar-refractivity contribution in [2.45, 2.75) is 39.0 Å². The van der Waals surface area contributed by atoms with E-state index in [0.29, 0.717) is 13.0 Å². The number of esters is 1. The molecule has 0 aromatic carbocycles. The maximum Gasteiger partial charge on any atom is 0.330 e. The maximum atomic E-state index is 10.6. The number of rotatable bonds is 8. The zero-order chi connectivity index (χ0) is 10.8. The molecular formula is C11H18O3. The molecule has 0 aliphatic heterocycles. The van der Waals surface area contributed by atoms with Crippen molar-refractivity contribution in [2.24, 2.45) is 0 Å². The Bertz CT molecular complexity index is 197. The minimum absolute atomic E-state index is 0.239. The molecule has 14 heavy (non-hydrogen) atoms. The van der Waals surface area contributed by atoms with Gasteiger partial charge >= 0.3 is 5.97 Å². The van der Waals surface area contributed by atoms with E-state index in [1.807, 2.05) is 0 Å². The lowest BCUT2D eigenvalue weighted by Crippen LogP contribution is -2.01. The summed E-state index contributed by atoms with van der Waals surface area (Å²) in [7, 11) is 0. The number of Topliss-reactive ketones (excluding diaryl/α,β-unsaturated/α-hetero) is 1. The van der Waals surface area contributed by atoms with Crippen molar-refractivity contribution in [3.63, 3.8) is 0 Å². The van der Waals surface area contributed by atoms with Crippen LogP contribution < -0.4 is 0 Å². The molecule has 0 fully saturated rings. The van der Waals surface area contributed by atoms with E-state index in [1.165, 1.54) is 0 Å². The quantitative estimate of drug-likeness (QED) is 0.341. The standard InChI is InChI=1S/C11H18O3/c1-3-11(13)14-9-7-5-4-6-8-10(2)12/h3H,1,4-9H2,2H3. The Morgan fingerprint density at radius 1 is 1.21 bits per heavy atom. The highest BCUT2D eigenvalue weighted by Gasteiger charge is 1.96. The lowest BCUT2D eigenvalue weighted by molar-refractivity contribution is -0.137. The summed E-state index contributed by atoms with van der Waals surface area (Å²) < 4.78 is 4.79. The highest BCUT2D eigenvalue weighted by atomic mass is 16.5. The Hall–Kier alpha value is -1.12. The molecule has 80 valence electrons. The van der Waals surface area contributed by atoms with Gasteiger partial charge in [0.15, 0.2) is 0 Å². The number of carbonyl (C=O) groups is 2. The van der Waals surface area contributed by atoms with Crippen LogP contribution in [-0.4, -0.2) is 18.4 Å². The smallest absolute Gasteiger partial charge is 0.330 e. The van der Waals surface area contributed by atoms with E-state index in [9.17, 15) is 9.59 Å². The molecule has 0 saturated heterocycles. The van der Waals surface area contributed by atoms with Gasteiger partial charge in [0.05, 0.1) is 6.61 Å². The van der Waals surface area contributed by atoms with Gasteiger partial charge in [0.1, 0.15) is 5.78 Å². The normalized spacial score (nSPS) is 9.50. The number of ketones is 1. The van der Waals surface area contributed by atoms with Crippen LogP contribution in [0.15, 0.2) is 12.7 Å². The first-order valence-corrected chi connectivity index (χ1v) is 4.95. The van der Waals surface area contributed by atoms with Crippen LogP contribution in [-0.2, 0) is 14.3 Å². The largest absolute Gasteiger partial charge is 0.463 e. The molecule has 0 radical (unpaired) electrons. The summed E-state index contributed by atoms with van der Waals surface area (Å²) in [5.74, 6) is -0.128. The zero-order valence-corrected chi connectivity index (χ0v) is 8.75. The molecule has 3 nitrogen and oxygen atoms in total. The molecule has 0 amide bonds. The van der Waals surface area contributed by atoms with Crippen LogP contribution in [0.2, 0.25) is 0 Å². The van der Waals surface area contributed by atoms with Gasteiger partial charge in [0.2, 0.25) is 0 Å². The predicted molar refractivity (Wildman–Crippen MR) is 54.9 cm³/mol. The second-order valence-electron chi connectivity index (χ2n) is 3.24. The van der Waals surface area contributed by atoms with E-state index in [0.717, 1.165) is 31.8 Å². The average Bonchev–Trinajstić information content (AvgIpc) is 2.15. The van der Waals surface area contributed by atoms with E-state index in [2.05, 4.69) is 6.58 Å². The van der Waals surface area contributed by atoms with Gasteiger partial charge in [-0.1, -0.05) is 19.4 Å². The third-order valence-electron chi connectivity index (χ3n) is 1.83. The summed E-state index contributed by atoms with van der Waals surface area (Å²) in [6.07, 6.45) is 5.63. The summed E-state index contributed by atoms with van der Waals surface area (Å²) >= 11 is 0. The average molecular weight is 198 g/mol. The fraction of sp³-hybridized carbons (Fsp3) is 0.636. The van der Waals surface area contributed by atoms with Crippen LogP contribution in [0.3, 0.4) is 0 Å². The van der Waals surface area contributed by atoms with Crippen LogP contribution in [0.25, 0.3) is 0 Å². The van der Waals surface area contributed by atoms with E-state index in [4.69, 9.17) is 4.74 Å². The summed E-state index contributed by atoms with van der Waals surface area (Å²) in [6.45, 7) is 5.35. The third kappa shape index (κ3) is 8.97. The first kappa shape index (κ1) is 12.9. The Morgan fingerprint density at radius 2 is 1.86 bits per heavy atom. The van der Waals surface area contributed by atoms with E-state index < -0.39 is 0 Å². The van der Waals surface area contributed by atoms with Gasteiger partial charge in [-0.3, -0.25) is 0 Å². The van der Waals surface area contributed by atoms with E-state index in [-0.39, 0.29) is 11.8 Å². The molecule has 0 heterocycles. The molecular weight excluding hydrogens is 180 g/mol. The SMILES string of the molecule is C=CC(=O)OCCCCCCC(C)=O. The van der Waals surface area contributed by atoms with Gasteiger partial charge in [-0.05, 0) is 19.8 Å². The van der Waals surface area contributed by atoms with Crippen LogP contribution in [0.5, 0.6) is 0 Å². The number of ether oxygens (including phenoxy) is 1. The minimum Gasteiger partial charge on any atom is -0.463 e. The summed E-state index contributed by atoms with van der Waals surface area (Å²) in [4.78, 5) is 21.2. The second-order valence-corrected chi connectivity index (χ2v) is 3.24. The van der Waals surface area contributed by atoms with Crippen molar-refractivity contribution < 1.29 is 14.3 Å². The predicted octanol–water partition coefficient (Wildman–Crippen LogP) is 2.26. The fourth-order valence-electron chi connectivity index (χ4n) is 1.06. The first-order valence-electron chi connectivity index (χ1n) is 4.95. The summed E-state index contributed by atoms with van der Waals surface area (Å²) in [5.41, 5.74) is 0. The second kappa shape index (κ2) is 8.48. The van der Waals surface area contributed by atoms with Crippen LogP contribution in [0.1, 0.15) is 39.0 Å². The molecule has 0 rings (SSSR count). The number of unbranched alkanes of at least 4 members (excludes halogenated alkanes) is 3. The summed E-state index contributed by atoms with van der Waals surface area (Å²) in [5, 5.41) is 0. The first-order chi connectivity index (χ1) is 6.66. The van der Waals surface area contributed by atoms with Crippen molar-refractivity contribution in [1.82, 2.24) is 0 Å². The molecule has 0 aliphatic carbocycles. The fourth-order valence-corrected chi connectivity index (χ4v) is 1.06. The molecule has 0 N–H and O–H groups in total. The molecule has 0 aromatic rings. The van der Waals surface area contributed by atoms with Crippen LogP contribution in [0.4, 0.5) is 0 Å². The number of carbonyl (C=O) groups excluding carboxylic acids is 2. The Morgan fingerprint density at radius 3 is 2.43 bits per heavy atom. The molecule has 0 aromatic heterocycles. The number of hydrogen-bond acceptors (Lipinski definition) is 3. The van der Waals surface area contributed by atoms with Gasteiger partial charge in [-0.25, -0.2) is 4.79 Å². The third-order valence-corrected chi connectivity index (χ3v) is 1.83. The van der Waals surface area contributed by atoms with Gasteiger partial charge < -0.3 is 9.53 Å². The molecule has 0 bridgehead atoms. The monoisotopic (exact) mass is 198 g/mol. The summed E-state index contributed by atoms with van der Waals surface area (Å²) in [6, 6.07) is 0. The topological polar surface area (TPSA) is 43.4 Å². The molecule has 0 unspecified atom stereocenters. The molecule has 0 saturated carbocycles. The van der Waals surface area contributed by atoms with Crippen molar-refractivity contribution in [3.05, 3.63) is 12.7 Å². The van der Waals surface area contributed by atoms with Crippen molar-refractivity contribution >= 4 is 11.8 Å². The van der Waals surface area contributed by atoms with Gasteiger partial charge in [-0.15, -0.1) is 0 Å². The van der Waals surface area contributed by atoms with E-state index >= 15 is 0 Å². The zero-order valence-electron chi connectivity index (χ0n) is 8.75. The van der Waals surface area contributed by atoms with Crippen molar-refractivity contribution in [3.8, 4) is 0 Å². The highest BCUT2D eigenvalue weighted by molar-refractivity contribution is 5.81. The minimum atomic E-state index is -0.367. The van der Waals surface area contributed by atoms with Crippen LogP contribution in [0, 0.1) is 0 Å². The highest BCUT2D eigenvalue weighted by Crippen LogP contribution is 2.03. The Balaban J connectivity index is 3.10. The van der Waals surface area contributed by atoms with Gasteiger partial charge in [-0.2, -0.15) is 0 Å². The lowest BCUT2D eigenvalue weighted by Gasteiger charge is -2.01. The van der Waals surface area contributed by atoms with Gasteiger partial charge in [0.25, 0.3) is 0 Å². The van der Waals surface area contributed by atoms with Crippen molar-refractivity contribution in [1.29, 1.82) is 0 Å². The lowest BCUT2D eigenvalue weighted by atomic mass is 10.1.